The van der Waals surface area contributed by atoms with Crippen LogP contribution in [0.4, 0.5) is 0 Å². The number of rotatable bonds is 1. The summed E-state index contributed by atoms with van der Waals surface area (Å²) >= 11 is 0. The van der Waals surface area contributed by atoms with Gasteiger partial charge in [-0.05, 0) is 41.4 Å². The van der Waals surface area contributed by atoms with Crippen LogP contribution in [0, 0.1) is 11.3 Å². The average Bonchev–Trinajstić information content (AvgIpc) is 2.82. The molecule has 0 atom stereocenters. The predicted octanol–water partition coefficient (Wildman–Crippen LogP) is 5.22. The molecule has 0 fully saturated rings. The molecule has 0 amide bonds. The van der Waals surface area contributed by atoms with Crippen LogP contribution in [-0.2, 0) is 16.2 Å². The molecule has 0 saturated heterocycles. The summed E-state index contributed by atoms with van der Waals surface area (Å²) in [5, 5.41) is 14.9. The number of nitrogens with zero attached hydrogens (tertiary/aromatic N) is 2. The summed E-state index contributed by atoms with van der Waals surface area (Å²) in [6.07, 6.45) is 1.69. The van der Waals surface area contributed by atoms with Gasteiger partial charge in [-0.2, -0.15) is 5.26 Å². The molecule has 0 spiro atoms. The molecule has 3 nitrogen and oxygen atoms in total. The van der Waals surface area contributed by atoms with Crippen LogP contribution in [-0.4, -0.2) is 5.16 Å². The van der Waals surface area contributed by atoms with Crippen LogP contribution in [0.15, 0.2) is 16.9 Å². The fourth-order valence-corrected chi connectivity index (χ4v) is 2.93. The fourth-order valence-electron chi connectivity index (χ4n) is 2.93. The van der Waals surface area contributed by atoms with Crippen molar-refractivity contribution in [3.05, 3.63) is 29.0 Å². The number of hydrogen-bond donors (Lipinski definition) is 0. The molecule has 3 heteroatoms. The molecule has 0 bridgehead atoms. The van der Waals surface area contributed by atoms with E-state index in [9.17, 15) is 5.26 Å². The molecule has 0 aliphatic rings. The molecule has 22 heavy (non-hydrogen) atoms. The molecular formula is C19H26N2O. The summed E-state index contributed by atoms with van der Waals surface area (Å²) in [4.78, 5) is 0. The normalized spacial score (nSPS) is 13.4. The Bertz CT molecular complexity index is 747. The van der Waals surface area contributed by atoms with Gasteiger partial charge in [-0.3, -0.25) is 0 Å². The Morgan fingerprint density at radius 2 is 1.50 bits per heavy atom. The van der Waals surface area contributed by atoms with Crippen molar-refractivity contribution in [2.24, 2.45) is 0 Å². The Morgan fingerprint density at radius 3 is 1.95 bits per heavy atom. The smallest absolute Gasteiger partial charge is 0.132 e. The molecule has 2 aromatic rings. The van der Waals surface area contributed by atoms with E-state index in [0.29, 0.717) is 0 Å². The van der Waals surface area contributed by atoms with Gasteiger partial charge in [0.2, 0.25) is 0 Å². The highest BCUT2D eigenvalue weighted by atomic mass is 16.5. The molecule has 1 heterocycles. The molecule has 0 N–H and O–H groups in total. The van der Waals surface area contributed by atoms with Crippen molar-refractivity contribution in [1.29, 1.82) is 5.26 Å². The lowest BCUT2D eigenvalue weighted by Crippen LogP contribution is -2.25. The monoisotopic (exact) mass is 298 g/mol. The van der Waals surface area contributed by atoms with Crippen molar-refractivity contribution in [2.45, 2.75) is 71.6 Å². The van der Waals surface area contributed by atoms with Crippen molar-refractivity contribution in [2.75, 3.05) is 0 Å². The molecule has 0 unspecified atom stereocenters. The lowest BCUT2D eigenvalue weighted by atomic mass is 9.71. The number of fused-ring (bicyclic) bond motifs is 1. The third kappa shape index (κ3) is 2.63. The van der Waals surface area contributed by atoms with E-state index >= 15 is 0 Å². The standard InChI is InChI=1S/C19H26N2O/c1-17(2,3)13-9-14(18(4,5)6)16-12(10-22-21-16)15(13)19(7,8)11-20/h9-10H,1-8H3. The Kier molecular flexibility index (Phi) is 3.64. The first-order valence-electron chi connectivity index (χ1n) is 7.73. The fraction of sp³-hybridized carbons (Fsp3) is 0.579. The second kappa shape index (κ2) is 4.84. The van der Waals surface area contributed by atoms with Crippen molar-refractivity contribution in [3.63, 3.8) is 0 Å². The van der Waals surface area contributed by atoms with Crippen LogP contribution in [0.5, 0.6) is 0 Å². The highest BCUT2D eigenvalue weighted by Crippen LogP contribution is 2.42. The van der Waals surface area contributed by atoms with Crippen LogP contribution in [0.3, 0.4) is 0 Å². The van der Waals surface area contributed by atoms with E-state index in [0.717, 1.165) is 16.5 Å². The van der Waals surface area contributed by atoms with Crippen LogP contribution in [0.1, 0.15) is 72.1 Å². The summed E-state index contributed by atoms with van der Waals surface area (Å²) in [5.41, 5.74) is 3.58. The summed E-state index contributed by atoms with van der Waals surface area (Å²) < 4.78 is 5.29. The third-order valence-electron chi connectivity index (χ3n) is 4.17. The van der Waals surface area contributed by atoms with Gasteiger partial charge in [0, 0.05) is 5.39 Å². The lowest BCUT2D eigenvalue weighted by Gasteiger charge is -2.31. The van der Waals surface area contributed by atoms with Gasteiger partial charge >= 0.3 is 0 Å². The number of aromatic nitrogens is 1. The molecule has 2 rings (SSSR count). The summed E-state index contributed by atoms with van der Waals surface area (Å²) in [7, 11) is 0. The number of hydrogen-bond acceptors (Lipinski definition) is 3. The third-order valence-corrected chi connectivity index (χ3v) is 4.17. The minimum absolute atomic E-state index is 0.0373. The maximum absolute atomic E-state index is 9.66. The van der Waals surface area contributed by atoms with E-state index in [1.165, 1.54) is 11.1 Å². The minimum Gasteiger partial charge on any atom is -0.363 e. The van der Waals surface area contributed by atoms with Gasteiger partial charge in [-0.1, -0.05) is 52.8 Å². The van der Waals surface area contributed by atoms with Crippen molar-refractivity contribution < 1.29 is 4.52 Å². The number of benzene rings is 1. The van der Waals surface area contributed by atoms with Gasteiger partial charge in [0.25, 0.3) is 0 Å². The van der Waals surface area contributed by atoms with E-state index in [-0.39, 0.29) is 10.8 Å². The van der Waals surface area contributed by atoms with Gasteiger partial charge < -0.3 is 4.52 Å². The van der Waals surface area contributed by atoms with Crippen molar-refractivity contribution in [3.8, 4) is 6.07 Å². The maximum atomic E-state index is 9.66. The van der Waals surface area contributed by atoms with E-state index in [4.69, 9.17) is 4.52 Å². The van der Waals surface area contributed by atoms with Crippen LogP contribution >= 0.6 is 0 Å². The molecule has 0 aliphatic heterocycles. The van der Waals surface area contributed by atoms with Gasteiger partial charge in [-0.15, -0.1) is 0 Å². The zero-order valence-electron chi connectivity index (χ0n) is 15.0. The lowest BCUT2D eigenvalue weighted by molar-refractivity contribution is 0.426. The molecule has 0 saturated carbocycles. The maximum Gasteiger partial charge on any atom is 0.132 e. The van der Waals surface area contributed by atoms with Crippen LogP contribution in [0.25, 0.3) is 10.9 Å². The Morgan fingerprint density at radius 1 is 0.955 bits per heavy atom. The summed E-state index contributed by atoms with van der Waals surface area (Å²) in [6.45, 7) is 17.0. The van der Waals surface area contributed by atoms with Crippen molar-refractivity contribution >= 4 is 10.9 Å². The highest BCUT2D eigenvalue weighted by Gasteiger charge is 2.34. The molecule has 1 aromatic heterocycles. The second-order valence-corrected chi connectivity index (χ2v) is 8.66. The van der Waals surface area contributed by atoms with E-state index in [2.05, 4.69) is 58.8 Å². The second-order valence-electron chi connectivity index (χ2n) is 8.66. The Labute approximate surface area is 133 Å². The first kappa shape index (κ1) is 16.5. The molecule has 0 radical (unpaired) electrons. The first-order chi connectivity index (χ1) is 9.89. The van der Waals surface area contributed by atoms with E-state index in [1.54, 1.807) is 6.26 Å². The molecule has 1 aromatic carbocycles. The SMILES string of the molecule is CC(C)(C)c1cc(C(C)(C)C)c2nocc2c1C(C)(C)C#N. The van der Waals surface area contributed by atoms with E-state index in [1.807, 2.05) is 13.8 Å². The average molecular weight is 298 g/mol. The van der Waals surface area contributed by atoms with E-state index < -0.39 is 5.41 Å². The van der Waals surface area contributed by atoms with Gasteiger partial charge in [0.05, 0.1) is 11.5 Å². The quantitative estimate of drug-likeness (QED) is 0.724. The number of nitriles is 1. The summed E-state index contributed by atoms with van der Waals surface area (Å²) in [5.74, 6) is 0. The van der Waals surface area contributed by atoms with Crippen LogP contribution < -0.4 is 0 Å². The minimum atomic E-state index is -0.594. The van der Waals surface area contributed by atoms with Crippen LogP contribution in [0.2, 0.25) is 0 Å². The van der Waals surface area contributed by atoms with Gasteiger partial charge in [0.1, 0.15) is 11.8 Å². The molecule has 118 valence electrons. The summed E-state index contributed by atoms with van der Waals surface area (Å²) in [6, 6.07) is 4.66. The van der Waals surface area contributed by atoms with Gasteiger partial charge in [0.15, 0.2) is 0 Å². The topological polar surface area (TPSA) is 49.8 Å². The molecule has 0 aliphatic carbocycles. The van der Waals surface area contributed by atoms with Gasteiger partial charge in [-0.25, -0.2) is 0 Å². The first-order valence-corrected chi connectivity index (χ1v) is 7.73. The Balaban J connectivity index is 3.03. The molecular weight excluding hydrogens is 272 g/mol. The zero-order chi connectivity index (χ0) is 16.9. The Hall–Kier alpha value is -1.82. The zero-order valence-corrected chi connectivity index (χ0v) is 15.0. The predicted molar refractivity (Wildman–Crippen MR) is 90.0 cm³/mol. The highest BCUT2D eigenvalue weighted by molar-refractivity contribution is 5.88. The largest absolute Gasteiger partial charge is 0.363 e. The van der Waals surface area contributed by atoms with Crippen molar-refractivity contribution in [1.82, 2.24) is 5.16 Å².